The summed E-state index contributed by atoms with van der Waals surface area (Å²) in [5.74, 6) is 0.0268. The topological polar surface area (TPSA) is 80.4 Å². The van der Waals surface area contributed by atoms with Crippen LogP contribution in [0, 0.1) is 5.92 Å². The third kappa shape index (κ3) is 3.91. The van der Waals surface area contributed by atoms with Crippen LogP contribution in [0.4, 0.5) is 0 Å². The first-order chi connectivity index (χ1) is 7.15. The molecule has 0 aromatic heterocycles. The van der Waals surface area contributed by atoms with Crippen LogP contribution < -0.4 is 5.73 Å². The highest BCUT2D eigenvalue weighted by Crippen LogP contribution is 2.26. The molecule has 4 nitrogen and oxygen atoms in total. The van der Waals surface area contributed by atoms with Crippen LogP contribution >= 0.6 is 0 Å². The lowest BCUT2D eigenvalue weighted by Crippen LogP contribution is -2.31. The fourth-order valence-corrected chi connectivity index (χ4v) is 3.70. The van der Waals surface area contributed by atoms with Gasteiger partial charge in [-0.25, -0.2) is 0 Å². The van der Waals surface area contributed by atoms with E-state index >= 15 is 0 Å². The number of hydrogen-bond donors (Lipinski definition) is 2. The zero-order valence-corrected chi connectivity index (χ0v) is 9.67. The third-order valence-electron chi connectivity index (χ3n) is 2.90. The number of aliphatic carboxylic acids is 1. The van der Waals surface area contributed by atoms with Crippen LogP contribution in [0.3, 0.4) is 0 Å². The first-order valence-corrected chi connectivity index (χ1v) is 6.83. The molecule has 2 unspecified atom stereocenters. The second-order valence-corrected chi connectivity index (χ2v) is 5.77. The van der Waals surface area contributed by atoms with E-state index in [1.807, 2.05) is 0 Å². The van der Waals surface area contributed by atoms with Crippen molar-refractivity contribution in [2.24, 2.45) is 11.7 Å². The van der Waals surface area contributed by atoms with Crippen LogP contribution in [0.1, 0.15) is 32.1 Å². The molecule has 0 spiro atoms. The summed E-state index contributed by atoms with van der Waals surface area (Å²) in [5.41, 5.74) is 5.32. The van der Waals surface area contributed by atoms with E-state index < -0.39 is 22.0 Å². The summed E-state index contributed by atoms with van der Waals surface area (Å²) in [4.78, 5) is 10.9. The van der Waals surface area contributed by atoms with Gasteiger partial charge in [-0.2, -0.15) is 0 Å². The Labute approximate surface area is 92.7 Å². The van der Waals surface area contributed by atoms with Gasteiger partial charge in [0.1, 0.15) is 5.25 Å². The van der Waals surface area contributed by atoms with Gasteiger partial charge >= 0.3 is 5.97 Å². The molecule has 0 amide bonds. The predicted molar refractivity (Wildman–Crippen MR) is 60.1 cm³/mol. The Morgan fingerprint density at radius 2 is 2.07 bits per heavy atom. The fraction of sp³-hybridized carbons (Fsp3) is 0.900. The first-order valence-electron chi connectivity index (χ1n) is 5.45. The van der Waals surface area contributed by atoms with Crippen LogP contribution in [0.25, 0.3) is 0 Å². The van der Waals surface area contributed by atoms with E-state index in [1.54, 1.807) is 0 Å². The van der Waals surface area contributed by atoms with Gasteiger partial charge in [0.05, 0.1) is 0 Å². The second kappa shape index (κ2) is 6.23. The average molecular weight is 233 g/mol. The molecule has 0 saturated heterocycles. The Morgan fingerprint density at radius 1 is 1.47 bits per heavy atom. The molecule has 1 fully saturated rings. The zero-order valence-electron chi connectivity index (χ0n) is 8.85. The van der Waals surface area contributed by atoms with E-state index in [0.29, 0.717) is 18.1 Å². The van der Waals surface area contributed by atoms with E-state index in [2.05, 4.69) is 0 Å². The van der Waals surface area contributed by atoms with Crippen molar-refractivity contribution in [3.8, 4) is 0 Å². The third-order valence-corrected chi connectivity index (χ3v) is 4.77. The Kier molecular flexibility index (Phi) is 5.25. The molecule has 0 aromatic rings. The molecule has 0 radical (unpaired) electrons. The smallest absolute Gasteiger partial charge is 0.319 e. The maximum absolute atomic E-state index is 11.8. The molecule has 88 valence electrons. The van der Waals surface area contributed by atoms with Crippen LogP contribution in [0.15, 0.2) is 0 Å². The number of carboxylic acid groups (broad SMARTS) is 1. The van der Waals surface area contributed by atoms with E-state index in [-0.39, 0.29) is 6.54 Å². The first kappa shape index (κ1) is 12.6. The monoisotopic (exact) mass is 233 g/mol. The van der Waals surface area contributed by atoms with Crippen molar-refractivity contribution in [3.63, 3.8) is 0 Å². The maximum atomic E-state index is 11.8. The molecule has 2 atom stereocenters. The minimum absolute atomic E-state index is 0.285. The van der Waals surface area contributed by atoms with Crippen molar-refractivity contribution in [2.75, 3.05) is 12.3 Å². The van der Waals surface area contributed by atoms with Crippen molar-refractivity contribution >= 4 is 16.8 Å². The molecule has 0 heterocycles. The maximum Gasteiger partial charge on any atom is 0.319 e. The molecular formula is C10H19NO3S. The lowest BCUT2D eigenvalue weighted by atomic mass is 10.1. The lowest BCUT2D eigenvalue weighted by Gasteiger charge is -2.14. The number of rotatable bonds is 6. The standard InChI is InChI=1S/C10H19NO3S/c11-6-5-9(10(12)13)15(14)7-8-3-1-2-4-8/h8-9H,1-7,11H2,(H,12,13). The molecule has 0 aliphatic heterocycles. The number of nitrogens with two attached hydrogens (primary N) is 1. The zero-order chi connectivity index (χ0) is 11.3. The van der Waals surface area contributed by atoms with Gasteiger partial charge in [0.25, 0.3) is 0 Å². The van der Waals surface area contributed by atoms with E-state index in [1.165, 1.54) is 12.8 Å². The SMILES string of the molecule is NCCC(C(=O)O)S(=O)CC1CCCC1. The number of carbonyl (C=O) groups is 1. The van der Waals surface area contributed by atoms with Gasteiger partial charge in [0.2, 0.25) is 0 Å². The molecule has 5 heteroatoms. The van der Waals surface area contributed by atoms with E-state index in [0.717, 1.165) is 12.8 Å². The fourth-order valence-electron chi connectivity index (χ4n) is 2.04. The molecule has 1 rings (SSSR count). The van der Waals surface area contributed by atoms with Gasteiger partial charge in [0.15, 0.2) is 0 Å². The molecule has 1 aliphatic carbocycles. The van der Waals surface area contributed by atoms with Crippen LogP contribution in [0.2, 0.25) is 0 Å². The number of carboxylic acids is 1. The summed E-state index contributed by atoms with van der Waals surface area (Å²) in [5, 5.41) is 8.13. The predicted octanol–water partition coefficient (Wildman–Crippen LogP) is 0.727. The highest BCUT2D eigenvalue weighted by molar-refractivity contribution is 7.86. The summed E-state index contributed by atoms with van der Waals surface area (Å²) in [7, 11) is -1.26. The van der Waals surface area contributed by atoms with Gasteiger partial charge in [-0.15, -0.1) is 0 Å². The van der Waals surface area contributed by atoms with Crippen LogP contribution in [0.5, 0.6) is 0 Å². The van der Waals surface area contributed by atoms with Crippen molar-refractivity contribution < 1.29 is 14.1 Å². The van der Waals surface area contributed by atoms with Gasteiger partial charge in [-0.3, -0.25) is 9.00 Å². The van der Waals surface area contributed by atoms with Crippen LogP contribution in [-0.4, -0.2) is 32.8 Å². The second-order valence-electron chi connectivity index (χ2n) is 4.10. The van der Waals surface area contributed by atoms with Crippen molar-refractivity contribution in [1.82, 2.24) is 0 Å². The normalized spacial score (nSPS) is 21.4. The molecule has 0 aromatic carbocycles. The quantitative estimate of drug-likeness (QED) is 0.708. The van der Waals surface area contributed by atoms with Gasteiger partial charge in [-0.05, 0) is 31.7 Å². The Hall–Kier alpha value is -0.420. The Balaban J connectivity index is 2.44. The molecular weight excluding hydrogens is 214 g/mol. The molecule has 1 saturated carbocycles. The molecule has 0 bridgehead atoms. The molecule has 1 aliphatic rings. The molecule has 15 heavy (non-hydrogen) atoms. The lowest BCUT2D eigenvalue weighted by molar-refractivity contribution is -0.136. The Morgan fingerprint density at radius 3 is 2.53 bits per heavy atom. The summed E-state index contributed by atoms with van der Waals surface area (Å²) < 4.78 is 11.8. The van der Waals surface area contributed by atoms with Gasteiger partial charge in [-0.1, -0.05) is 12.8 Å². The van der Waals surface area contributed by atoms with E-state index in [4.69, 9.17) is 10.8 Å². The summed E-state index contributed by atoms with van der Waals surface area (Å²) in [6.45, 7) is 0.285. The Bertz CT molecular complexity index is 239. The summed E-state index contributed by atoms with van der Waals surface area (Å²) in [6.07, 6.45) is 4.89. The highest BCUT2D eigenvalue weighted by atomic mass is 32.2. The number of hydrogen-bond acceptors (Lipinski definition) is 3. The average Bonchev–Trinajstić information content (AvgIpc) is 2.65. The largest absolute Gasteiger partial charge is 0.480 e. The van der Waals surface area contributed by atoms with E-state index in [9.17, 15) is 9.00 Å². The minimum atomic E-state index is -1.26. The van der Waals surface area contributed by atoms with Gasteiger partial charge < -0.3 is 10.8 Å². The summed E-state index contributed by atoms with van der Waals surface area (Å²) in [6, 6.07) is 0. The highest BCUT2D eigenvalue weighted by Gasteiger charge is 2.27. The summed E-state index contributed by atoms with van der Waals surface area (Å²) >= 11 is 0. The van der Waals surface area contributed by atoms with Crippen molar-refractivity contribution in [3.05, 3.63) is 0 Å². The van der Waals surface area contributed by atoms with Gasteiger partial charge in [0, 0.05) is 16.6 Å². The minimum Gasteiger partial charge on any atom is -0.480 e. The van der Waals surface area contributed by atoms with Crippen molar-refractivity contribution in [1.29, 1.82) is 0 Å². The van der Waals surface area contributed by atoms with Crippen molar-refractivity contribution in [2.45, 2.75) is 37.4 Å². The van der Waals surface area contributed by atoms with Crippen LogP contribution in [-0.2, 0) is 15.6 Å². The molecule has 3 N–H and O–H groups in total.